The first-order valence-corrected chi connectivity index (χ1v) is 11.6. The van der Waals surface area contributed by atoms with Crippen molar-refractivity contribution >= 4 is 17.5 Å². The molecule has 1 N–H and O–H groups in total. The summed E-state index contributed by atoms with van der Waals surface area (Å²) in [5.74, 6) is -0.137. The molecule has 0 aromatic heterocycles. The maximum absolute atomic E-state index is 13.2. The highest BCUT2D eigenvalue weighted by atomic mass is 19.4. The molecule has 0 radical (unpaired) electrons. The zero-order chi connectivity index (χ0) is 25.0. The van der Waals surface area contributed by atoms with Gasteiger partial charge in [-0.25, -0.2) is 0 Å². The summed E-state index contributed by atoms with van der Waals surface area (Å²) < 4.78 is 50.5. The molecule has 1 aromatic carbocycles. The molecule has 7 nitrogen and oxygen atoms in total. The van der Waals surface area contributed by atoms with Gasteiger partial charge in [0.25, 0.3) is 5.91 Å². The number of anilines is 1. The number of alkyl halides is 3. The van der Waals surface area contributed by atoms with Gasteiger partial charge in [-0.05, 0) is 37.8 Å². The summed E-state index contributed by atoms with van der Waals surface area (Å²) in [5.41, 5.74) is 0.840. The standard InChI is InChI=1S/C24H34F3N3O4/c1-15-12-30(10-9-24(25,26)27)16(2)14-34-20-11-18(28-22(31)17-5-6-17)7-8-19(20)23(32)29(3)13-21(15)33-4/h7-8,11,15-17,21H,5-6,9-10,12-14H2,1-4H3,(H,28,31)/t15-,16-,21+/m0/s1. The van der Waals surface area contributed by atoms with Gasteiger partial charge >= 0.3 is 6.18 Å². The normalized spacial score (nSPS) is 25.1. The lowest BCUT2D eigenvalue weighted by Gasteiger charge is -2.36. The number of hydrogen-bond acceptors (Lipinski definition) is 5. The molecule has 0 bridgehead atoms. The highest BCUT2D eigenvalue weighted by Gasteiger charge is 2.33. The third-order valence-corrected chi connectivity index (χ3v) is 6.47. The molecule has 190 valence electrons. The van der Waals surface area contributed by atoms with Crippen molar-refractivity contribution in [2.24, 2.45) is 11.8 Å². The molecule has 0 saturated heterocycles. The SMILES string of the molecule is CO[C@@H]1CN(C)C(=O)c2ccc(NC(=O)C3CC3)cc2OC[C@H](C)N(CCC(F)(F)F)C[C@@H]1C. The Balaban J connectivity index is 1.88. The first-order valence-electron chi connectivity index (χ1n) is 11.6. The van der Waals surface area contributed by atoms with E-state index in [1.807, 2.05) is 13.8 Å². The minimum atomic E-state index is -4.26. The number of nitrogens with one attached hydrogen (secondary N) is 1. The van der Waals surface area contributed by atoms with Crippen LogP contribution in [-0.2, 0) is 9.53 Å². The molecule has 1 fully saturated rings. The Labute approximate surface area is 198 Å². The molecule has 1 saturated carbocycles. The number of rotatable bonds is 5. The molecular formula is C24H34F3N3O4. The zero-order valence-corrected chi connectivity index (χ0v) is 20.2. The molecule has 34 heavy (non-hydrogen) atoms. The van der Waals surface area contributed by atoms with Gasteiger partial charge in [0.1, 0.15) is 12.4 Å². The van der Waals surface area contributed by atoms with E-state index in [-0.39, 0.29) is 61.2 Å². The topological polar surface area (TPSA) is 71.1 Å². The number of halogens is 3. The van der Waals surface area contributed by atoms with Crippen molar-refractivity contribution in [3.63, 3.8) is 0 Å². The lowest BCUT2D eigenvalue weighted by atomic mass is 10.0. The molecule has 0 spiro atoms. The van der Waals surface area contributed by atoms with Crippen molar-refractivity contribution in [1.82, 2.24) is 9.80 Å². The van der Waals surface area contributed by atoms with Crippen molar-refractivity contribution in [3.05, 3.63) is 23.8 Å². The molecule has 0 unspecified atom stereocenters. The largest absolute Gasteiger partial charge is 0.491 e. The van der Waals surface area contributed by atoms with Crippen LogP contribution in [0.25, 0.3) is 0 Å². The second kappa shape index (κ2) is 10.9. The molecule has 1 aliphatic carbocycles. The average Bonchev–Trinajstić information content (AvgIpc) is 3.62. The van der Waals surface area contributed by atoms with Gasteiger partial charge in [-0.15, -0.1) is 0 Å². The van der Waals surface area contributed by atoms with Crippen molar-refractivity contribution in [1.29, 1.82) is 0 Å². The van der Waals surface area contributed by atoms with Crippen molar-refractivity contribution in [2.75, 3.05) is 45.7 Å². The summed E-state index contributed by atoms with van der Waals surface area (Å²) >= 11 is 0. The molecule has 1 heterocycles. The summed E-state index contributed by atoms with van der Waals surface area (Å²) in [6.07, 6.45) is -3.81. The smallest absolute Gasteiger partial charge is 0.390 e. The van der Waals surface area contributed by atoms with Crippen LogP contribution in [0.3, 0.4) is 0 Å². The first kappa shape index (κ1) is 26.3. The van der Waals surface area contributed by atoms with Crippen LogP contribution in [-0.4, -0.2) is 80.3 Å². The summed E-state index contributed by atoms with van der Waals surface area (Å²) in [4.78, 5) is 28.7. The number of hydrogen-bond donors (Lipinski definition) is 1. The summed E-state index contributed by atoms with van der Waals surface area (Å²) in [6, 6.07) is 4.54. The summed E-state index contributed by atoms with van der Waals surface area (Å²) in [5, 5.41) is 2.85. The fraction of sp³-hybridized carbons (Fsp3) is 0.667. The number of fused-ring (bicyclic) bond motifs is 1. The van der Waals surface area contributed by atoms with E-state index < -0.39 is 12.6 Å². The number of ether oxygens (including phenoxy) is 2. The molecule has 3 rings (SSSR count). The van der Waals surface area contributed by atoms with E-state index in [1.54, 1.807) is 37.3 Å². The Morgan fingerprint density at radius 1 is 1.24 bits per heavy atom. The Kier molecular flexibility index (Phi) is 8.46. The Morgan fingerprint density at radius 2 is 1.94 bits per heavy atom. The number of carbonyl (C=O) groups excluding carboxylic acids is 2. The maximum atomic E-state index is 13.2. The van der Waals surface area contributed by atoms with Crippen LogP contribution in [0, 0.1) is 11.8 Å². The lowest BCUT2D eigenvalue weighted by molar-refractivity contribution is -0.140. The van der Waals surface area contributed by atoms with Crippen LogP contribution in [0.2, 0.25) is 0 Å². The van der Waals surface area contributed by atoms with E-state index in [0.29, 0.717) is 17.8 Å². The van der Waals surface area contributed by atoms with Gasteiger partial charge in [0.2, 0.25) is 5.91 Å². The van der Waals surface area contributed by atoms with E-state index in [4.69, 9.17) is 9.47 Å². The fourth-order valence-corrected chi connectivity index (χ4v) is 4.10. The van der Waals surface area contributed by atoms with Crippen molar-refractivity contribution in [3.8, 4) is 5.75 Å². The highest BCUT2D eigenvalue weighted by Crippen LogP contribution is 2.32. The van der Waals surface area contributed by atoms with Crippen LogP contribution >= 0.6 is 0 Å². The molecule has 3 atom stereocenters. The minimum Gasteiger partial charge on any atom is -0.491 e. The van der Waals surface area contributed by atoms with E-state index in [9.17, 15) is 22.8 Å². The number of carbonyl (C=O) groups is 2. The molecular weight excluding hydrogens is 451 g/mol. The van der Waals surface area contributed by atoms with Gasteiger partial charge in [-0.1, -0.05) is 6.92 Å². The number of nitrogens with zero attached hydrogens (tertiary/aromatic N) is 2. The molecule has 2 amide bonds. The highest BCUT2D eigenvalue weighted by molar-refractivity contribution is 5.99. The number of likely N-dealkylation sites (N-methyl/N-ethyl adjacent to an activating group) is 1. The van der Waals surface area contributed by atoms with Gasteiger partial charge in [0, 0.05) is 57.5 Å². The Morgan fingerprint density at radius 3 is 2.56 bits per heavy atom. The minimum absolute atomic E-state index is 0.0184. The quantitative estimate of drug-likeness (QED) is 0.687. The average molecular weight is 486 g/mol. The monoisotopic (exact) mass is 485 g/mol. The van der Waals surface area contributed by atoms with Crippen LogP contribution in [0.1, 0.15) is 43.5 Å². The van der Waals surface area contributed by atoms with Crippen molar-refractivity contribution in [2.45, 2.75) is 51.4 Å². The summed E-state index contributed by atoms with van der Waals surface area (Å²) in [6.45, 7) is 4.29. The molecule has 1 aromatic rings. The van der Waals surface area contributed by atoms with Crippen LogP contribution in [0.5, 0.6) is 5.75 Å². The van der Waals surface area contributed by atoms with Gasteiger partial charge in [0.15, 0.2) is 0 Å². The molecule has 10 heteroatoms. The Bertz CT molecular complexity index is 876. The number of methoxy groups -OCH3 is 1. The third-order valence-electron chi connectivity index (χ3n) is 6.47. The van der Waals surface area contributed by atoms with Crippen LogP contribution in [0.15, 0.2) is 18.2 Å². The zero-order valence-electron chi connectivity index (χ0n) is 20.2. The Hall–Kier alpha value is -2.33. The van der Waals surface area contributed by atoms with Crippen LogP contribution in [0.4, 0.5) is 18.9 Å². The number of amides is 2. The van der Waals surface area contributed by atoms with Gasteiger partial charge in [0.05, 0.1) is 18.1 Å². The van der Waals surface area contributed by atoms with E-state index in [2.05, 4.69) is 5.32 Å². The predicted octanol–water partition coefficient (Wildman–Crippen LogP) is 3.79. The van der Waals surface area contributed by atoms with Crippen molar-refractivity contribution < 1.29 is 32.2 Å². The third kappa shape index (κ3) is 7.09. The van der Waals surface area contributed by atoms with Gasteiger partial charge < -0.3 is 19.7 Å². The second-order valence-corrected chi connectivity index (χ2v) is 9.43. The summed E-state index contributed by atoms with van der Waals surface area (Å²) in [7, 11) is 3.20. The van der Waals surface area contributed by atoms with Gasteiger partial charge in [-0.3, -0.25) is 14.5 Å². The molecule has 1 aliphatic heterocycles. The van der Waals surface area contributed by atoms with E-state index in [1.165, 1.54) is 4.90 Å². The fourth-order valence-electron chi connectivity index (χ4n) is 4.10. The van der Waals surface area contributed by atoms with Gasteiger partial charge in [-0.2, -0.15) is 13.2 Å². The second-order valence-electron chi connectivity index (χ2n) is 9.43. The first-order chi connectivity index (χ1) is 16.0. The van der Waals surface area contributed by atoms with E-state index >= 15 is 0 Å². The predicted molar refractivity (Wildman–Crippen MR) is 122 cm³/mol. The van der Waals surface area contributed by atoms with Crippen LogP contribution < -0.4 is 10.1 Å². The number of benzene rings is 1. The molecule has 2 aliphatic rings. The van der Waals surface area contributed by atoms with E-state index in [0.717, 1.165) is 12.8 Å². The maximum Gasteiger partial charge on any atom is 0.390 e. The lowest BCUT2D eigenvalue weighted by Crippen LogP contribution is -2.47.